The molecule has 2 aromatic heterocycles. The molecule has 4 rings (SSSR count). The van der Waals surface area contributed by atoms with Crippen molar-refractivity contribution in [2.45, 2.75) is 18.5 Å². The van der Waals surface area contributed by atoms with Gasteiger partial charge in [0.15, 0.2) is 16.6 Å². The molecular weight excluding hydrogens is 469 g/mol. The number of benzene rings is 2. The van der Waals surface area contributed by atoms with Crippen LogP contribution >= 0.6 is 35.0 Å². The SMILES string of the molecule is CCCSc1ncc(Cl)c(C(=O)Nc2oc3ccccc3c2C(=O)c2ccc(Cl)cc2)n1. The van der Waals surface area contributed by atoms with Crippen LogP contribution in [0.1, 0.15) is 39.8 Å². The van der Waals surface area contributed by atoms with E-state index in [0.717, 1.165) is 12.2 Å². The molecule has 0 unspecified atom stereocenters. The molecule has 0 bridgehead atoms. The van der Waals surface area contributed by atoms with E-state index in [0.29, 0.717) is 26.7 Å². The topological polar surface area (TPSA) is 85.1 Å². The van der Waals surface area contributed by atoms with E-state index < -0.39 is 5.91 Å². The number of anilines is 1. The summed E-state index contributed by atoms with van der Waals surface area (Å²) < 4.78 is 5.82. The quantitative estimate of drug-likeness (QED) is 0.182. The van der Waals surface area contributed by atoms with Crippen molar-refractivity contribution in [1.82, 2.24) is 9.97 Å². The predicted octanol–water partition coefficient (Wildman–Crippen LogP) is 6.52. The van der Waals surface area contributed by atoms with Crippen LogP contribution < -0.4 is 5.32 Å². The van der Waals surface area contributed by atoms with Crippen LogP contribution in [0.25, 0.3) is 11.0 Å². The number of para-hydroxylation sites is 1. The molecule has 0 aliphatic rings. The van der Waals surface area contributed by atoms with E-state index >= 15 is 0 Å². The maximum atomic E-state index is 13.3. The highest BCUT2D eigenvalue weighted by Crippen LogP contribution is 2.33. The second kappa shape index (κ2) is 9.73. The number of rotatable bonds is 7. The van der Waals surface area contributed by atoms with Crippen LogP contribution in [0, 0.1) is 0 Å². The number of furan rings is 1. The summed E-state index contributed by atoms with van der Waals surface area (Å²) >= 11 is 13.6. The molecule has 6 nitrogen and oxygen atoms in total. The highest BCUT2D eigenvalue weighted by molar-refractivity contribution is 7.99. The highest BCUT2D eigenvalue weighted by Gasteiger charge is 2.25. The largest absolute Gasteiger partial charge is 0.439 e. The van der Waals surface area contributed by atoms with E-state index in [-0.39, 0.29) is 27.9 Å². The van der Waals surface area contributed by atoms with Gasteiger partial charge in [0.2, 0.25) is 5.88 Å². The normalized spacial score (nSPS) is 11.0. The van der Waals surface area contributed by atoms with Gasteiger partial charge in [0, 0.05) is 21.7 Å². The molecule has 0 saturated heterocycles. The molecule has 4 aromatic rings. The van der Waals surface area contributed by atoms with Crippen LogP contribution in [0.4, 0.5) is 5.88 Å². The van der Waals surface area contributed by atoms with Crippen LogP contribution in [-0.4, -0.2) is 27.4 Å². The van der Waals surface area contributed by atoms with Crippen molar-refractivity contribution in [1.29, 1.82) is 0 Å². The average Bonchev–Trinajstić information content (AvgIpc) is 3.16. The van der Waals surface area contributed by atoms with Gasteiger partial charge in [-0.25, -0.2) is 9.97 Å². The van der Waals surface area contributed by atoms with Gasteiger partial charge >= 0.3 is 0 Å². The van der Waals surface area contributed by atoms with Gasteiger partial charge in [-0.05, 0) is 36.8 Å². The lowest BCUT2D eigenvalue weighted by Gasteiger charge is -2.07. The second-order valence-electron chi connectivity index (χ2n) is 6.79. The number of carbonyl (C=O) groups is 2. The number of nitrogens with zero attached hydrogens (tertiary/aromatic N) is 2. The lowest BCUT2D eigenvalue weighted by molar-refractivity contribution is 0.101. The molecule has 0 spiro atoms. The Morgan fingerprint density at radius 1 is 1.09 bits per heavy atom. The smallest absolute Gasteiger partial charge is 0.278 e. The van der Waals surface area contributed by atoms with E-state index in [1.165, 1.54) is 18.0 Å². The van der Waals surface area contributed by atoms with Gasteiger partial charge in [-0.15, -0.1) is 0 Å². The third kappa shape index (κ3) is 4.65. The first-order chi connectivity index (χ1) is 15.5. The molecule has 2 aromatic carbocycles. The van der Waals surface area contributed by atoms with Crippen molar-refractivity contribution in [2.75, 3.05) is 11.1 Å². The summed E-state index contributed by atoms with van der Waals surface area (Å²) in [5.74, 6) is -0.0742. The summed E-state index contributed by atoms with van der Waals surface area (Å²) in [4.78, 5) is 34.7. The number of ketones is 1. The molecule has 1 amide bonds. The summed E-state index contributed by atoms with van der Waals surface area (Å²) in [5, 5.41) is 4.31. The highest BCUT2D eigenvalue weighted by atomic mass is 35.5. The zero-order valence-electron chi connectivity index (χ0n) is 16.9. The predicted molar refractivity (Wildman–Crippen MR) is 127 cm³/mol. The molecule has 0 atom stereocenters. The Bertz CT molecular complexity index is 1310. The van der Waals surface area contributed by atoms with Gasteiger partial charge < -0.3 is 4.42 Å². The Labute approximate surface area is 198 Å². The molecule has 0 radical (unpaired) electrons. The molecule has 9 heteroatoms. The zero-order valence-corrected chi connectivity index (χ0v) is 19.2. The first-order valence-electron chi connectivity index (χ1n) is 9.76. The van der Waals surface area contributed by atoms with E-state index in [2.05, 4.69) is 15.3 Å². The maximum Gasteiger partial charge on any atom is 0.278 e. The Morgan fingerprint density at radius 2 is 1.84 bits per heavy atom. The minimum absolute atomic E-state index is 0.00520. The number of nitrogens with one attached hydrogen (secondary N) is 1. The molecule has 1 N–H and O–H groups in total. The van der Waals surface area contributed by atoms with E-state index in [9.17, 15) is 9.59 Å². The number of hydrogen-bond donors (Lipinski definition) is 1. The standard InChI is InChI=1S/C23H17Cl2N3O3S/c1-2-11-32-23-26-12-16(25)19(27-23)21(30)28-22-18(15-5-3-4-6-17(15)31-22)20(29)13-7-9-14(24)10-8-13/h3-10,12H,2,11H2,1H3,(H,28,30). The third-order valence-corrected chi connectivity index (χ3v) is 6.12. The molecule has 32 heavy (non-hydrogen) atoms. The van der Waals surface area contributed by atoms with E-state index in [1.807, 2.05) is 6.92 Å². The number of halogens is 2. The van der Waals surface area contributed by atoms with E-state index in [1.54, 1.807) is 48.5 Å². The number of thioether (sulfide) groups is 1. The fourth-order valence-corrected chi connectivity index (χ4v) is 4.01. The molecule has 2 heterocycles. The molecule has 0 saturated carbocycles. The van der Waals surface area contributed by atoms with Crippen LogP contribution in [-0.2, 0) is 0 Å². The fraction of sp³-hybridized carbons (Fsp3) is 0.130. The molecule has 0 aliphatic carbocycles. The Balaban J connectivity index is 1.72. The minimum Gasteiger partial charge on any atom is -0.439 e. The Kier molecular flexibility index (Phi) is 6.79. The number of fused-ring (bicyclic) bond motifs is 1. The van der Waals surface area contributed by atoms with Crippen LogP contribution in [0.15, 0.2) is 64.3 Å². The van der Waals surface area contributed by atoms with Gasteiger partial charge in [-0.3, -0.25) is 14.9 Å². The number of carbonyl (C=O) groups excluding carboxylic acids is 2. The summed E-state index contributed by atoms with van der Waals surface area (Å²) in [6, 6.07) is 13.6. The van der Waals surface area contributed by atoms with Crippen molar-refractivity contribution < 1.29 is 14.0 Å². The van der Waals surface area contributed by atoms with Crippen molar-refractivity contribution >= 4 is 63.5 Å². The minimum atomic E-state index is -0.597. The number of amides is 1. The van der Waals surface area contributed by atoms with E-state index in [4.69, 9.17) is 27.6 Å². The summed E-state index contributed by atoms with van der Waals surface area (Å²) in [7, 11) is 0. The summed E-state index contributed by atoms with van der Waals surface area (Å²) in [6.07, 6.45) is 2.33. The van der Waals surface area contributed by atoms with Crippen LogP contribution in [0.5, 0.6) is 0 Å². The second-order valence-corrected chi connectivity index (χ2v) is 8.70. The molecule has 0 aliphatic heterocycles. The van der Waals surface area contributed by atoms with Gasteiger partial charge in [0.05, 0.1) is 16.8 Å². The van der Waals surface area contributed by atoms with Crippen LogP contribution in [0.3, 0.4) is 0 Å². The Hall–Kier alpha value is -2.87. The first kappa shape index (κ1) is 22.3. The van der Waals surface area contributed by atoms with Gasteiger partial charge in [-0.1, -0.05) is 60.1 Å². The number of aromatic nitrogens is 2. The summed E-state index contributed by atoms with van der Waals surface area (Å²) in [6.45, 7) is 2.04. The monoisotopic (exact) mass is 485 g/mol. The van der Waals surface area contributed by atoms with Crippen molar-refractivity contribution in [3.63, 3.8) is 0 Å². The fourth-order valence-electron chi connectivity index (χ4n) is 3.04. The molecule has 0 fully saturated rings. The third-order valence-electron chi connectivity index (χ3n) is 4.53. The lowest BCUT2D eigenvalue weighted by atomic mass is 10.0. The summed E-state index contributed by atoms with van der Waals surface area (Å²) in [5.41, 5.74) is 1.12. The molecule has 162 valence electrons. The molecular formula is C23H17Cl2N3O3S. The van der Waals surface area contributed by atoms with Crippen molar-refractivity contribution in [2.24, 2.45) is 0 Å². The lowest BCUT2D eigenvalue weighted by Crippen LogP contribution is -2.17. The van der Waals surface area contributed by atoms with Crippen molar-refractivity contribution in [3.8, 4) is 0 Å². The van der Waals surface area contributed by atoms with Gasteiger partial charge in [0.1, 0.15) is 5.58 Å². The average molecular weight is 486 g/mol. The number of hydrogen-bond acceptors (Lipinski definition) is 6. The first-order valence-corrected chi connectivity index (χ1v) is 11.5. The Morgan fingerprint density at radius 3 is 2.59 bits per heavy atom. The van der Waals surface area contributed by atoms with Gasteiger partial charge in [-0.2, -0.15) is 0 Å². The maximum absolute atomic E-state index is 13.3. The van der Waals surface area contributed by atoms with Crippen molar-refractivity contribution in [3.05, 3.63) is 81.6 Å². The zero-order chi connectivity index (χ0) is 22.7. The van der Waals surface area contributed by atoms with Gasteiger partial charge in [0.25, 0.3) is 5.91 Å². The van der Waals surface area contributed by atoms with Crippen LogP contribution in [0.2, 0.25) is 10.0 Å².